The number of carbonyl (C=O) groups excluding carboxylic acids is 1. The number of aromatic nitrogens is 1. The summed E-state index contributed by atoms with van der Waals surface area (Å²) in [5, 5.41) is 2.07. The molecule has 8 heteroatoms. The highest BCUT2D eigenvalue weighted by molar-refractivity contribution is 7.07. The fraction of sp³-hybridized carbons (Fsp3) is 0.304. The van der Waals surface area contributed by atoms with Gasteiger partial charge < -0.3 is 14.5 Å². The van der Waals surface area contributed by atoms with Crippen molar-refractivity contribution in [3.05, 3.63) is 81.5 Å². The average Bonchev–Trinajstić information content (AvgIpc) is 3.27. The van der Waals surface area contributed by atoms with Gasteiger partial charge in [0, 0.05) is 18.5 Å². The van der Waals surface area contributed by atoms with Crippen LogP contribution in [0.5, 0.6) is 5.75 Å². The molecule has 1 aliphatic rings. The predicted octanol–water partition coefficient (Wildman–Crippen LogP) is 4.79. The highest BCUT2D eigenvalue weighted by Crippen LogP contribution is 2.39. The highest BCUT2D eigenvalue weighted by atomic mass is 35.5. The first-order chi connectivity index (χ1) is 15.0. The molecule has 0 aliphatic carbocycles. The number of thiazole rings is 1. The Hall–Kier alpha value is -2.48. The molecule has 2 atom stereocenters. The number of hydrogen-bond acceptors (Lipinski definition) is 5. The normalized spacial score (nSPS) is 18.3. The second-order valence-corrected chi connectivity index (χ2v) is 8.71. The van der Waals surface area contributed by atoms with Gasteiger partial charge in [0.2, 0.25) is 6.10 Å². The molecule has 5 nitrogen and oxygen atoms in total. The van der Waals surface area contributed by atoms with Crippen LogP contribution in [-0.4, -0.2) is 46.9 Å². The van der Waals surface area contributed by atoms with Gasteiger partial charge in [0.05, 0.1) is 16.2 Å². The van der Waals surface area contributed by atoms with E-state index in [-0.39, 0.29) is 17.0 Å². The number of ether oxygens (including phenoxy) is 1. The van der Waals surface area contributed by atoms with Gasteiger partial charge in [-0.3, -0.25) is 4.79 Å². The smallest absolute Gasteiger partial charge is 0.266 e. The third-order valence-electron chi connectivity index (χ3n) is 5.29. The van der Waals surface area contributed by atoms with E-state index in [2.05, 4.69) is 29.1 Å². The molecule has 1 saturated heterocycles. The maximum Gasteiger partial charge on any atom is 0.266 e. The molecule has 31 heavy (non-hydrogen) atoms. The van der Waals surface area contributed by atoms with Gasteiger partial charge >= 0.3 is 0 Å². The maximum absolute atomic E-state index is 13.3. The van der Waals surface area contributed by atoms with Gasteiger partial charge in [0.15, 0.2) is 0 Å². The Morgan fingerprint density at radius 2 is 2.06 bits per heavy atom. The fourth-order valence-electron chi connectivity index (χ4n) is 3.76. The summed E-state index contributed by atoms with van der Waals surface area (Å²) in [5.74, 6) is -0.261. The third-order valence-corrected chi connectivity index (χ3v) is 6.19. The number of β-lactam (4-membered cyclic amide) rings is 1. The number of hydrogen-bond donors (Lipinski definition) is 0. The molecule has 0 unspecified atom stereocenters. The summed E-state index contributed by atoms with van der Waals surface area (Å²) >= 11 is 7.56. The summed E-state index contributed by atoms with van der Waals surface area (Å²) in [6.07, 6.45) is 0.117. The van der Waals surface area contributed by atoms with Crippen LogP contribution in [0, 0.1) is 5.82 Å². The number of likely N-dealkylation sites (tertiary alicyclic amines) is 1. The zero-order valence-electron chi connectivity index (χ0n) is 17.1. The van der Waals surface area contributed by atoms with Gasteiger partial charge in [0.1, 0.15) is 17.6 Å². The lowest BCUT2D eigenvalue weighted by Gasteiger charge is -2.46. The Morgan fingerprint density at radius 1 is 1.26 bits per heavy atom. The molecule has 0 bridgehead atoms. The van der Waals surface area contributed by atoms with Crippen molar-refractivity contribution in [1.82, 2.24) is 14.8 Å². The van der Waals surface area contributed by atoms with Crippen molar-refractivity contribution in [2.24, 2.45) is 0 Å². The molecular formula is C23H23ClFN3O2S. The van der Waals surface area contributed by atoms with Gasteiger partial charge in [-0.1, -0.05) is 41.9 Å². The summed E-state index contributed by atoms with van der Waals surface area (Å²) in [6, 6.07) is 13.9. The van der Waals surface area contributed by atoms with Crippen LogP contribution in [-0.2, 0) is 11.3 Å². The Morgan fingerprint density at radius 3 is 2.77 bits per heavy atom. The Balaban J connectivity index is 1.37. The molecule has 2 heterocycles. The van der Waals surface area contributed by atoms with Crippen LogP contribution in [0.25, 0.3) is 0 Å². The Bertz CT molecular complexity index is 1020. The molecule has 0 saturated carbocycles. The van der Waals surface area contributed by atoms with E-state index < -0.39 is 11.9 Å². The standard InChI is InChI=1S/C23H23ClFN3O2S/c1-27(13-16-6-3-2-4-7-16)10-5-11-28-21(19-14-31-15-26-19)22(23(28)29)30-20-9-8-17(25)12-18(20)24/h2-4,6-9,12,14-15,21-22H,5,10-11,13H2,1H3/t21-,22+/m0/s1. The monoisotopic (exact) mass is 459 g/mol. The average molecular weight is 460 g/mol. The Labute approximate surface area is 190 Å². The maximum atomic E-state index is 13.3. The second kappa shape index (κ2) is 9.77. The lowest BCUT2D eigenvalue weighted by molar-refractivity contribution is -0.164. The largest absolute Gasteiger partial charge is 0.476 e. The van der Waals surface area contributed by atoms with Gasteiger partial charge in [-0.2, -0.15) is 0 Å². The Kier molecular flexibility index (Phi) is 6.85. The summed E-state index contributed by atoms with van der Waals surface area (Å²) in [5.41, 5.74) is 3.80. The van der Waals surface area contributed by atoms with Crippen LogP contribution >= 0.6 is 22.9 Å². The van der Waals surface area contributed by atoms with Crippen molar-refractivity contribution in [2.75, 3.05) is 20.1 Å². The molecule has 0 N–H and O–H groups in total. The summed E-state index contributed by atoms with van der Waals surface area (Å²) in [7, 11) is 2.07. The van der Waals surface area contributed by atoms with E-state index >= 15 is 0 Å². The molecule has 1 aromatic heterocycles. The number of rotatable bonds is 9. The van der Waals surface area contributed by atoms with Gasteiger partial charge in [0.25, 0.3) is 5.91 Å². The zero-order chi connectivity index (χ0) is 21.8. The summed E-state index contributed by atoms with van der Waals surface area (Å²) in [6.45, 7) is 2.33. The van der Waals surface area contributed by atoms with Gasteiger partial charge in [-0.15, -0.1) is 11.3 Å². The minimum Gasteiger partial charge on any atom is -0.476 e. The first-order valence-corrected chi connectivity index (χ1v) is 11.4. The van der Waals surface area contributed by atoms with Crippen molar-refractivity contribution in [1.29, 1.82) is 0 Å². The molecule has 0 spiro atoms. The van der Waals surface area contributed by atoms with Crippen LogP contribution in [0.2, 0.25) is 5.02 Å². The van der Waals surface area contributed by atoms with Crippen molar-refractivity contribution in [3.8, 4) is 5.75 Å². The SMILES string of the molecule is CN(CCCN1C(=O)[C@H](Oc2ccc(F)cc2Cl)[C@@H]1c1cscn1)Cc1ccccc1. The number of amides is 1. The zero-order valence-corrected chi connectivity index (χ0v) is 18.7. The first kappa shape index (κ1) is 21.7. The van der Waals surface area contributed by atoms with Crippen molar-refractivity contribution >= 4 is 28.8 Å². The fourth-order valence-corrected chi connectivity index (χ4v) is 4.55. The molecule has 3 aromatic rings. The van der Waals surface area contributed by atoms with Crippen molar-refractivity contribution < 1.29 is 13.9 Å². The first-order valence-electron chi connectivity index (χ1n) is 10.1. The summed E-state index contributed by atoms with van der Waals surface area (Å²) in [4.78, 5) is 21.3. The van der Waals surface area contributed by atoms with Gasteiger partial charge in [-0.05, 0) is 43.8 Å². The molecule has 1 amide bonds. The molecule has 4 rings (SSSR count). The van der Waals surface area contributed by atoms with Crippen LogP contribution in [0.4, 0.5) is 4.39 Å². The molecular weight excluding hydrogens is 437 g/mol. The molecule has 0 radical (unpaired) electrons. The van der Waals surface area contributed by atoms with E-state index in [1.807, 2.05) is 23.6 Å². The minimum absolute atomic E-state index is 0.107. The van der Waals surface area contributed by atoms with E-state index in [1.54, 1.807) is 10.4 Å². The van der Waals surface area contributed by atoms with Crippen molar-refractivity contribution in [2.45, 2.75) is 25.1 Å². The van der Waals surface area contributed by atoms with E-state index in [4.69, 9.17) is 16.3 Å². The molecule has 162 valence electrons. The van der Waals surface area contributed by atoms with E-state index in [0.29, 0.717) is 12.3 Å². The topological polar surface area (TPSA) is 45.7 Å². The minimum atomic E-state index is -0.716. The third kappa shape index (κ3) is 5.06. The van der Waals surface area contributed by atoms with Crippen LogP contribution in [0.15, 0.2) is 59.4 Å². The summed E-state index contributed by atoms with van der Waals surface area (Å²) < 4.78 is 19.2. The lowest BCUT2D eigenvalue weighted by atomic mass is 9.94. The molecule has 1 aliphatic heterocycles. The van der Waals surface area contributed by atoms with Crippen LogP contribution in [0.3, 0.4) is 0 Å². The highest BCUT2D eigenvalue weighted by Gasteiger charge is 2.51. The predicted molar refractivity (Wildman–Crippen MR) is 120 cm³/mol. The lowest BCUT2D eigenvalue weighted by Crippen LogP contribution is -2.61. The molecule has 1 fully saturated rings. The second-order valence-electron chi connectivity index (χ2n) is 7.58. The van der Waals surface area contributed by atoms with E-state index in [0.717, 1.165) is 25.2 Å². The number of nitrogens with zero attached hydrogens (tertiary/aromatic N) is 3. The number of halogens is 2. The van der Waals surface area contributed by atoms with Gasteiger partial charge in [-0.25, -0.2) is 9.37 Å². The number of benzene rings is 2. The van der Waals surface area contributed by atoms with E-state index in [1.165, 1.54) is 35.1 Å². The van der Waals surface area contributed by atoms with Crippen molar-refractivity contribution in [3.63, 3.8) is 0 Å². The molecule has 2 aromatic carbocycles. The van der Waals surface area contributed by atoms with Crippen LogP contribution < -0.4 is 4.74 Å². The van der Waals surface area contributed by atoms with Crippen LogP contribution in [0.1, 0.15) is 23.7 Å². The number of carbonyl (C=O) groups is 1. The van der Waals surface area contributed by atoms with E-state index in [9.17, 15) is 9.18 Å². The quantitative estimate of drug-likeness (QED) is 0.432.